The SMILES string of the molecule is C=CC(OC(C=C)c1ccccc1NC(C)=O)c1ccccc1NC(C)=O. The van der Waals surface area contributed by atoms with Gasteiger partial charge in [-0.05, 0) is 12.1 Å². The first kappa shape index (κ1) is 20.1. The minimum Gasteiger partial charge on any atom is -0.357 e. The van der Waals surface area contributed by atoms with Crippen molar-refractivity contribution in [1.29, 1.82) is 0 Å². The van der Waals surface area contributed by atoms with E-state index in [0.29, 0.717) is 11.4 Å². The van der Waals surface area contributed by atoms with E-state index in [1.165, 1.54) is 13.8 Å². The van der Waals surface area contributed by atoms with Gasteiger partial charge in [-0.15, -0.1) is 13.2 Å². The number of hydrogen-bond acceptors (Lipinski definition) is 3. The molecule has 27 heavy (non-hydrogen) atoms. The number of carbonyl (C=O) groups is 2. The van der Waals surface area contributed by atoms with Crippen LogP contribution in [0.1, 0.15) is 37.2 Å². The first-order valence-corrected chi connectivity index (χ1v) is 8.59. The van der Waals surface area contributed by atoms with E-state index in [4.69, 9.17) is 4.74 Å². The number of rotatable bonds is 8. The van der Waals surface area contributed by atoms with Gasteiger partial charge in [0.25, 0.3) is 0 Å². The summed E-state index contributed by atoms with van der Waals surface area (Å²) >= 11 is 0. The average Bonchev–Trinajstić information content (AvgIpc) is 2.63. The molecule has 0 radical (unpaired) electrons. The monoisotopic (exact) mass is 364 g/mol. The molecule has 0 heterocycles. The number of anilines is 2. The summed E-state index contributed by atoms with van der Waals surface area (Å²) in [5.74, 6) is -0.330. The molecule has 2 N–H and O–H groups in total. The van der Waals surface area contributed by atoms with Crippen molar-refractivity contribution >= 4 is 23.2 Å². The Balaban J connectivity index is 2.35. The summed E-state index contributed by atoms with van der Waals surface area (Å²) in [6.45, 7) is 10.6. The molecule has 2 atom stereocenters. The molecular formula is C22H24N2O3. The quantitative estimate of drug-likeness (QED) is 0.663. The molecule has 0 saturated carbocycles. The van der Waals surface area contributed by atoms with Crippen LogP contribution in [0.25, 0.3) is 0 Å². The maximum absolute atomic E-state index is 11.5. The molecular weight excluding hydrogens is 340 g/mol. The topological polar surface area (TPSA) is 67.4 Å². The Morgan fingerprint density at radius 2 is 1.19 bits per heavy atom. The van der Waals surface area contributed by atoms with Crippen molar-refractivity contribution in [3.05, 3.63) is 85.0 Å². The Bertz CT molecular complexity index is 775. The summed E-state index contributed by atoms with van der Waals surface area (Å²) in [4.78, 5) is 23.0. The van der Waals surface area contributed by atoms with Gasteiger partial charge in [0.15, 0.2) is 0 Å². The third-order valence-corrected chi connectivity index (χ3v) is 3.88. The number of carbonyl (C=O) groups excluding carboxylic acids is 2. The van der Waals surface area contributed by atoms with Gasteiger partial charge in [-0.25, -0.2) is 0 Å². The van der Waals surface area contributed by atoms with E-state index in [0.717, 1.165) is 11.1 Å². The maximum atomic E-state index is 11.5. The fourth-order valence-electron chi connectivity index (χ4n) is 2.77. The first-order chi connectivity index (χ1) is 13.0. The Kier molecular flexibility index (Phi) is 7.08. The lowest BCUT2D eigenvalue weighted by Gasteiger charge is -2.24. The lowest BCUT2D eigenvalue weighted by molar-refractivity contribution is -0.115. The number of amides is 2. The fourth-order valence-corrected chi connectivity index (χ4v) is 2.77. The molecule has 0 aliphatic carbocycles. The van der Waals surface area contributed by atoms with Crippen LogP contribution in [-0.4, -0.2) is 11.8 Å². The van der Waals surface area contributed by atoms with Crippen LogP contribution < -0.4 is 10.6 Å². The highest BCUT2D eigenvalue weighted by Gasteiger charge is 2.20. The summed E-state index contributed by atoms with van der Waals surface area (Å²) in [6, 6.07) is 14.8. The van der Waals surface area contributed by atoms with E-state index < -0.39 is 12.2 Å². The van der Waals surface area contributed by atoms with E-state index in [-0.39, 0.29) is 11.8 Å². The molecule has 0 fully saturated rings. The normalized spacial score (nSPS) is 12.5. The van der Waals surface area contributed by atoms with Crippen LogP contribution in [0.2, 0.25) is 0 Å². The molecule has 0 saturated heterocycles. The van der Waals surface area contributed by atoms with Crippen molar-refractivity contribution in [2.45, 2.75) is 26.1 Å². The Hall–Kier alpha value is -3.18. The van der Waals surface area contributed by atoms with Crippen LogP contribution >= 0.6 is 0 Å². The van der Waals surface area contributed by atoms with Crippen molar-refractivity contribution < 1.29 is 14.3 Å². The van der Waals surface area contributed by atoms with Crippen LogP contribution in [0.5, 0.6) is 0 Å². The standard InChI is InChI=1S/C22H24N2O3/c1-5-21(17-11-7-9-13-19(17)23-15(3)25)27-22(6-2)18-12-8-10-14-20(18)24-16(4)26/h5-14,21-22H,1-2H2,3-4H3,(H,23,25)(H,24,26). The zero-order chi connectivity index (χ0) is 19.8. The van der Waals surface area contributed by atoms with Gasteiger partial charge in [-0.3, -0.25) is 9.59 Å². The molecule has 2 amide bonds. The van der Waals surface area contributed by atoms with E-state index >= 15 is 0 Å². The number of benzene rings is 2. The molecule has 140 valence electrons. The van der Waals surface area contributed by atoms with Crippen LogP contribution in [0.3, 0.4) is 0 Å². The van der Waals surface area contributed by atoms with E-state index in [1.54, 1.807) is 12.2 Å². The molecule has 2 aromatic rings. The van der Waals surface area contributed by atoms with Gasteiger partial charge >= 0.3 is 0 Å². The molecule has 0 spiro atoms. The second-order valence-electron chi connectivity index (χ2n) is 5.99. The van der Waals surface area contributed by atoms with Gasteiger partial charge in [-0.1, -0.05) is 48.6 Å². The third kappa shape index (κ3) is 5.39. The van der Waals surface area contributed by atoms with Gasteiger partial charge < -0.3 is 15.4 Å². The van der Waals surface area contributed by atoms with Crippen molar-refractivity contribution in [1.82, 2.24) is 0 Å². The molecule has 2 rings (SSSR count). The average molecular weight is 364 g/mol. The summed E-state index contributed by atoms with van der Waals surface area (Å²) in [5.41, 5.74) is 2.89. The van der Waals surface area contributed by atoms with Crippen LogP contribution in [0.15, 0.2) is 73.8 Å². The van der Waals surface area contributed by atoms with Crippen molar-refractivity contribution in [3.63, 3.8) is 0 Å². The largest absolute Gasteiger partial charge is 0.357 e. The molecule has 0 aliphatic rings. The summed E-state index contributed by atoms with van der Waals surface area (Å²) < 4.78 is 6.23. The van der Waals surface area contributed by atoms with Gasteiger partial charge in [0.1, 0.15) is 12.2 Å². The molecule has 0 aliphatic heterocycles. The van der Waals surface area contributed by atoms with Gasteiger partial charge in [0.05, 0.1) is 0 Å². The van der Waals surface area contributed by atoms with E-state index in [1.807, 2.05) is 48.5 Å². The Morgan fingerprint density at radius 1 is 0.815 bits per heavy atom. The highest BCUT2D eigenvalue weighted by molar-refractivity contribution is 5.90. The number of ether oxygens (including phenoxy) is 1. The number of para-hydroxylation sites is 2. The van der Waals surface area contributed by atoms with E-state index in [2.05, 4.69) is 23.8 Å². The lowest BCUT2D eigenvalue weighted by Crippen LogP contribution is -2.14. The first-order valence-electron chi connectivity index (χ1n) is 8.59. The highest BCUT2D eigenvalue weighted by Crippen LogP contribution is 2.34. The highest BCUT2D eigenvalue weighted by atomic mass is 16.5. The van der Waals surface area contributed by atoms with Crippen molar-refractivity contribution in [2.24, 2.45) is 0 Å². The van der Waals surface area contributed by atoms with E-state index in [9.17, 15) is 9.59 Å². The smallest absolute Gasteiger partial charge is 0.221 e. The van der Waals surface area contributed by atoms with Gasteiger partial charge in [-0.2, -0.15) is 0 Å². The molecule has 2 aromatic carbocycles. The van der Waals surface area contributed by atoms with Crippen LogP contribution in [-0.2, 0) is 14.3 Å². The minimum atomic E-state index is -0.485. The zero-order valence-corrected chi connectivity index (χ0v) is 15.6. The molecule has 5 heteroatoms. The molecule has 0 bridgehead atoms. The third-order valence-electron chi connectivity index (χ3n) is 3.88. The molecule has 5 nitrogen and oxygen atoms in total. The van der Waals surface area contributed by atoms with Crippen LogP contribution in [0, 0.1) is 0 Å². The maximum Gasteiger partial charge on any atom is 0.221 e. The Labute approximate surface area is 159 Å². The molecule has 2 unspecified atom stereocenters. The van der Waals surface area contributed by atoms with Crippen LogP contribution in [0.4, 0.5) is 11.4 Å². The predicted molar refractivity (Wildman–Crippen MR) is 108 cm³/mol. The number of hydrogen-bond donors (Lipinski definition) is 2. The van der Waals surface area contributed by atoms with Crippen molar-refractivity contribution in [2.75, 3.05) is 10.6 Å². The predicted octanol–water partition coefficient (Wildman–Crippen LogP) is 4.77. The van der Waals surface area contributed by atoms with Crippen molar-refractivity contribution in [3.8, 4) is 0 Å². The summed E-state index contributed by atoms with van der Waals surface area (Å²) in [6.07, 6.45) is 2.36. The van der Waals surface area contributed by atoms with Gasteiger partial charge in [0, 0.05) is 36.3 Å². The zero-order valence-electron chi connectivity index (χ0n) is 15.6. The second-order valence-corrected chi connectivity index (χ2v) is 5.99. The summed E-state index contributed by atoms with van der Waals surface area (Å²) in [5, 5.41) is 5.61. The lowest BCUT2D eigenvalue weighted by atomic mass is 10.0. The minimum absolute atomic E-state index is 0.165. The Morgan fingerprint density at radius 3 is 1.52 bits per heavy atom. The second kappa shape index (κ2) is 9.50. The van der Waals surface area contributed by atoms with Gasteiger partial charge in [0.2, 0.25) is 11.8 Å². The summed E-state index contributed by atoms with van der Waals surface area (Å²) in [7, 11) is 0. The molecule has 0 aromatic heterocycles. The fraction of sp³-hybridized carbons (Fsp3) is 0.182. The number of nitrogens with one attached hydrogen (secondary N) is 2.